The predicted octanol–water partition coefficient (Wildman–Crippen LogP) is 5.75. The Balaban J connectivity index is 1.35. The number of carboxylic acids is 1. The fraction of sp³-hybridized carbons (Fsp3) is 0.444. The molecule has 168 valence electrons. The van der Waals surface area contributed by atoms with E-state index < -0.39 is 5.97 Å². The van der Waals surface area contributed by atoms with Crippen LogP contribution in [0.4, 0.5) is 5.69 Å². The maximum atomic E-state index is 11.4. The summed E-state index contributed by atoms with van der Waals surface area (Å²) in [6.07, 6.45) is 4.41. The molecule has 0 aromatic heterocycles. The van der Waals surface area contributed by atoms with E-state index in [4.69, 9.17) is 11.6 Å². The van der Waals surface area contributed by atoms with E-state index in [-0.39, 0.29) is 0 Å². The standard InChI is InChI=1S/C27H31ClN2O2/c1-27(2)10-9-24(18-3-6-22(28)7-4-18)21(15-27)16-29-11-12-30-23(17-29)14-20-13-19(26(31)32)5-8-25(20)30/h3-8,13,23H,9-12,14-17H2,1-2H3,(H,31,32)/t23-/m0/s1. The van der Waals surface area contributed by atoms with Gasteiger partial charge in [-0.05, 0) is 78.1 Å². The topological polar surface area (TPSA) is 43.8 Å². The van der Waals surface area contributed by atoms with Crippen molar-refractivity contribution in [2.24, 2.45) is 5.41 Å². The summed E-state index contributed by atoms with van der Waals surface area (Å²) in [5.74, 6) is -0.846. The summed E-state index contributed by atoms with van der Waals surface area (Å²) in [6, 6.07) is 14.4. The van der Waals surface area contributed by atoms with E-state index >= 15 is 0 Å². The summed E-state index contributed by atoms with van der Waals surface area (Å²) in [7, 11) is 0. The van der Waals surface area contributed by atoms with Gasteiger partial charge in [0.25, 0.3) is 0 Å². The van der Waals surface area contributed by atoms with Crippen molar-refractivity contribution in [3.8, 4) is 0 Å². The summed E-state index contributed by atoms with van der Waals surface area (Å²) in [6.45, 7) is 8.84. The molecule has 5 rings (SSSR count). The second kappa shape index (κ2) is 8.24. The number of carboxylic acid groups (broad SMARTS) is 1. The number of aromatic carboxylic acids is 1. The van der Waals surface area contributed by atoms with Crippen LogP contribution in [0.3, 0.4) is 0 Å². The highest BCUT2D eigenvalue weighted by atomic mass is 35.5. The minimum Gasteiger partial charge on any atom is -0.478 e. The predicted molar refractivity (Wildman–Crippen MR) is 131 cm³/mol. The van der Waals surface area contributed by atoms with Gasteiger partial charge in [-0.1, -0.05) is 43.2 Å². The lowest BCUT2D eigenvalue weighted by molar-refractivity contribution is 0.0697. The maximum absolute atomic E-state index is 11.4. The van der Waals surface area contributed by atoms with E-state index in [9.17, 15) is 9.90 Å². The molecule has 2 aromatic carbocycles. The minimum atomic E-state index is -0.846. The number of allylic oxidation sites excluding steroid dienone is 1. The zero-order valence-electron chi connectivity index (χ0n) is 18.9. The largest absolute Gasteiger partial charge is 0.478 e. The third kappa shape index (κ3) is 4.18. The molecule has 5 heteroatoms. The minimum absolute atomic E-state index is 0.337. The molecule has 1 N–H and O–H groups in total. The number of fused-ring (bicyclic) bond motifs is 3. The molecule has 2 heterocycles. The van der Waals surface area contributed by atoms with Crippen LogP contribution in [0.2, 0.25) is 5.02 Å². The second-order valence-corrected chi connectivity index (χ2v) is 10.8. The Kier molecular flexibility index (Phi) is 5.55. The van der Waals surface area contributed by atoms with Gasteiger partial charge in [0, 0.05) is 42.9 Å². The first-order valence-corrected chi connectivity index (χ1v) is 12.0. The van der Waals surface area contributed by atoms with Crippen LogP contribution in [-0.4, -0.2) is 48.2 Å². The van der Waals surface area contributed by atoms with Crippen molar-refractivity contribution in [3.63, 3.8) is 0 Å². The van der Waals surface area contributed by atoms with E-state index in [2.05, 4.69) is 35.8 Å². The first-order chi connectivity index (χ1) is 15.3. The first-order valence-electron chi connectivity index (χ1n) is 11.6. The lowest BCUT2D eigenvalue weighted by atomic mass is 9.72. The SMILES string of the molecule is CC1(C)CCC(c2ccc(Cl)cc2)=C(CN2CCN3c4ccc(C(=O)O)cc4C[C@H]3C2)C1. The van der Waals surface area contributed by atoms with Gasteiger partial charge in [-0.15, -0.1) is 0 Å². The molecular weight excluding hydrogens is 420 g/mol. The van der Waals surface area contributed by atoms with Crippen molar-refractivity contribution < 1.29 is 9.90 Å². The molecule has 0 radical (unpaired) electrons. The molecule has 3 aliphatic rings. The van der Waals surface area contributed by atoms with E-state index in [1.807, 2.05) is 24.3 Å². The molecular formula is C27H31ClN2O2. The zero-order valence-corrected chi connectivity index (χ0v) is 19.7. The van der Waals surface area contributed by atoms with E-state index in [0.29, 0.717) is 17.0 Å². The van der Waals surface area contributed by atoms with Crippen LogP contribution in [0.1, 0.15) is 54.6 Å². The molecule has 0 bridgehead atoms. The summed E-state index contributed by atoms with van der Waals surface area (Å²) in [5.41, 5.74) is 7.51. The van der Waals surface area contributed by atoms with Gasteiger partial charge < -0.3 is 10.0 Å². The number of hydrogen-bond donors (Lipinski definition) is 1. The number of benzene rings is 2. The van der Waals surface area contributed by atoms with Gasteiger partial charge in [-0.3, -0.25) is 4.90 Å². The van der Waals surface area contributed by atoms with Crippen molar-refractivity contribution >= 4 is 28.8 Å². The molecule has 0 spiro atoms. The molecule has 0 unspecified atom stereocenters. The lowest BCUT2D eigenvalue weighted by Crippen LogP contribution is -2.52. The summed E-state index contributed by atoms with van der Waals surface area (Å²) < 4.78 is 0. The summed E-state index contributed by atoms with van der Waals surface area (Å²) in [4.78, 5) is 16.5. The number of anilines is 1. The number of nitrogens with zero attached hydrogens (tertiary/aromatic N) is 2. The zero-order chi connectivity index (χ0) is 22.5. The van der Waals surface area contributed by atoms with E-state index in [0.717, 1.165) is 50.5 Å². The lowest BCUT2D eigenvalue weighted by Gasteiger charge is -2.41. The second-order valence-electron chi connectivity index (χ2n) is 10.4. The Bertz CT molecular complexity index is 1070. The van der Waals surface area contributed by atoms with Crippen molar-refractivity contribution in [1.82, 2.24) is 4.90 Å². The Morgan fingerprint density at radius 1 is 1.16 bits per heavy atom. The average Bonchev–Trinajstić information content (AvgIpc) is 3.11. The molecule has 2 aromatic rings. The van der Waals surface area contributed by atoms with Gasteiger partial charge in [0.05, 0.1) is 5.56 Å². The molecule has 32 heavy (non-hydrogen) atoms. The molecule has 0 saturated carbocycles. The Morgan fingerprint density at radius 3 is 2.69 bits per heavy atom. The number of hydrogen-bond acceptors (Lipinski definition) is 3. The average molecular weight is 451 g/mol. The van der Waals surface area contributed by atoms with Crippen LogP contribution in [0.15, 0.2) is 48.0 Å². The molecule has 1 fully saturated rings. The molecule has 0 amide bonds. The molecule has 1 atom stereocenters. The number of halogens is 1. The smallest absolute Gasteiger partial charge is 0.335 e. The van der Waals surface area contributed by atoms with Gasteiger partial charge in [0.15, 0.2) is 0 Å². The third-order valence-electron chi connectivity index (χ3n) is 7.44. The quantitative estimate of drug-likeness (QED) is 0.644. The molecule has 4 nitrogen and oxygen atoms in total. The molecule has 2 aliphatic heterocycles. The Morgan fingerprint density at radius 2 is 1.94 bits per heavy atom. The van der Waals surface area contributed by atoms with Gasteiger partial charge in [-0.25, -0.2) is 4.79 Å². The third-order valence-corrected chi connectivity index (χ3v) is 7.69. The van der Waals surface area contributed by atoms with Gasteiger partial charge in [0.2, 0.25) is 0 Å². The Labute approximate surface area is 195 Å². The summed E-state index contributed by atoms with van der Waals surface area (Å²) >= 11 is 6.14. The number of rotatable bonds is 4. The maximum Gasteiger partial charge on any atom is 0.335 e. The van der Waals surface area contributed by atoms with Crippen LogP contribution >= 0.6 is 11.6 Å². The van der Waals surface area contributed by atoms with Crippen LogP contribution in [0, 0.1) is 5.41 Å². The van der Waals surface area contributed by atoms with Gasteiger partial charge in [-0.2, -0.15) is 0 Å². The van der Waals surface area contributed by atoms with Gasteiger partial charge >= 0.3 is 5.97 Å². The first kappa shape index (κ1) is 21.5. The monoisotopic (exact) mass is 450 g/mol. The Hall–Kier alpha value is -2.30. The van der Waals surface area contributed by atoms with Crippen molar-refractivity contribution in [2.75, 3.05) is 31.1 Å². The molecule has 1 aliphatic carbocycles. The van der Waals surface area contributed by atoms with Crippen LogP contribution in [-0.2, 0) is 6.42 Å². The van der Waals surface area contributed by atoms with E-state index in [1.165, 1.54) is 28.8 Å². The highest BCUT2D eigenvalue weighted by molar-refractivity contribution is 6.30. The highest BCUT2D eigenvalue weighted by Crippen LogP contribution is 2.43. The van der Waals surface area contributed by atoms with Crippen molar-refractivity contribution in [2.45, 2.75) is 45.6 Å². The van der Waals surface area contributed by atoms with Crippen molar-refractivity contribution in [3.05, 3.63) is 69.8 Å². The van der Waals surface area contributed by atoms with Crippen molar-refractivity contribution in [1.29, 1.82) is 0 Å². The number of piperazine rings is 1. The summed E-state index contributed by atoms with van der Waals surface area (Å²) in [5, 5.41) is 10.1. The van der Waals surface area contributed by atoms with Crippen LogP contribution < -0.4 is 4.90 Å². The van der Waals surface area contributed by atoms with Crippen LogP contribution in [0.25, 0.3) is 5.57 Å². The van der Waals surface area contributed by atoms with Crippen LogP contribution in [0.5, 0.6) is 0 Å². The molecule has 1 saturated heterocycles. The fourth-order valence-electron chi connectivity index (χ4n) is 5.80. The van der Waals surface area contributed by atoms with E-state index in [1.54, 1.807) is 11.6 Å². The normalized spacial score (nSPS) is 22.6. The fourth-order valence-corrected chi connectivity index (χ4v) is 5.93. The highest BCUT2D eigenvalue weighted by Gasteiger charge is 2.36. The van der Waals surface area contributed by atoms with Gasteiger partial charge in [0.1, 0.15) is 0 Å². The number of carbonyl (C=O) groups is 1.